The molecular formula is C9H7BrO2S. The molecule has 1 aliphatic rings. The summed E-state index contributed by atoms with van der Waals surface area (Å²) in [7, 11) is -1.02. The Labute approximate surface area is 86.9 Å². The molecule has 0 bridgehead atoms. The van der Waals surface area contributed by atoms with Gasteiger partial charge in [-0.3, -0.25) is 9.00 Å². The molecule has 0 amide bonds. The molecule has 2 nitrogen and oxygen atoms in total. The van der Waals surface area contributed by atoms with Gasteiger partial charge < -0.3 is 0 Å². The second-order valence-corrected chi connectivity index (χ2v) is 5.20. The maximum Gasteiger partial charge on any atom is 0.165 e. The van der Waals surface area contributed by atoms with E-state index in [0.29, 0.717) is 22.6 Å². The SMILES string of the molecule is O=C1CCS(=O)c2c(Br)cccc21. The van der Waals surface area contributed by atoms with Crippen LogP contribution in [0.25, 0.3) is 0 Å². The zero-order valence-electron chi connectivity index (χ0n) is 6.75. The molecule has 1 heterocycles. The van der Waals surface area contributed by atoms with E-state index in [0.717, 1.165) is 4.47 Å². The number of halogens is 1. The molecular weight excluding hydrogens is 252 g/mol. The van der Waals surface area contributed by atoms with Crippen LogP contribution in [0.2, 0.25) is 0 Å². The van der Waals surface area contributed by atoms with Crippen molar-refractivity contribution in [3.05, 3.63) is 28.2 Å². The zero-order chi connectivity index (χ0) is 9.42. The number of rotatable bonds is 0. The first-order valence-electron chi connectivity index (χ1n) is 3.90. The molecule has 13 heavy (non-hydrogen) atoms. The third-order valence-electron chi connectivity index (χ3n) is 2.01. The lowest BCUT2D eigenvalue weighted by molar-refractivity contribution is 0.0984. The first-order chi connectivity index (χ1) is 6.20. The highest BCUT2D eigenvalue weighted by Crippen LogP contribution is 2.28. The molecule has 0 radical (unpaired) electrons. The summed E-state index contributed by atoms with van der Waals surface area (Å²) < 4.78 is 12.4. The molecule has 1 unspecified atom stereocenters. The number of benzene rings is 1. The highest BCUT2D eigenvalue weighted by molar-refractivity contribution is 9.10. The average molecular weight is 259 g/mol. The fraction of sp³-hybridized carbons (Fsp3) is 0.222. The van der Waals surface area contributed by atoms with Crippen LogP contribution in [-0.2, 0) is 10.8 Å². The molecule has 0 aliphatic carbocycles. The summed E-state index contributed by atoms with van der Waals surface area (Å²) in [5.74, 6) is 0.546. The van der Waals surface area contributed by atoms with Gasteiger partial charge >= 0.3 is 0 Å². The first kappa shape index (κ1) is 9.09. The number of hydrogen-bond donors (Lipinski definition) is 0. The second kappa shape index (κ2) is 3.35. The van der Waals surface area contributed by atoms with Crippen LogP contribution in [0.1, 0.15) is 16.8 Å². The lowest BCUT2D eigenvalue weighted by atomic mass is 10.1. The predicted molar refractivity (Wildman–Crippen MR) is 54.4 cm³/mol. The number of carbonyl (C=O) groups excluding carboxylic acids is 1. The predicted octanol–water partition coefficient (Wildman–Crippen LogP) is 2.14. The van der Waals surface area contributed by atoms with E-state index in [-0.39, 0.29) is 5.78 Å². The summed E-state index contributed by atoms with van der Waals surface area (Å²) >= 11 is 3.30. The largest absolute Gasteiger partial charge is 0.294 e. The lowest BCUT2D eigenvalue weighted by Gasteiger charge is -2.14. The highest BCUT2D eigenvalue weighted by atomic mass is 79.9. The summed E-state index contributed by atoms with van der Waals surface area (Å²) in [4.78, 5) is 12.1. The Bertz CT molecular complexity index is 401. The number of Topliss-reactive ketones (excluding diaryl/α,β-unsaturated/α-hetero) is 1. The molecule has 4 heteroatoms. The lowest BCUT2D eigenvalue weighted by Crippen LogP contribution is -2.16. The Hall–Kier alpha value is -0.480. The number of carbonyl (C=O) groups is 1. The summed E-state index contributed by atoms with van der Waals surface area (Å²) in [5, 5.41) is 0. The minimum Gasteiger partial charge on any atom is -0.294 e. The molecule has 0 N–H and O–H groups in total. The Balaban J connectivity index is 2.70. The molecule has 0 saturated heterocycles. The van der Waals surface area contributed by atoms with Gasteiger partial charge in [0.2, 0.25) is 0 Å². The molecule has 1 atom stereocenters. The summed E-state index contributed by atoms with van der Waals surface area (Å²) in [6.07, 6.45) is 0.399. The number of ketones is 1. The third kappa shape index (κ3) is 1.48. The van der Waals surface area contributed by atoms with Crippen molar-refractivity contribution >= 4 is 32.5 Å². The van der Waals surface area contributed by atoms with E-state index in [9.17, 15) is 9.00 Å². The summed E-state index contributed by atoms with van der Waals surface area (Å²) in [5.41, 5.74) is 0.610. The van der Waals surface area contributed by atoms with Gasteiger partial charge in [0.05, 0.1) is 15.7 Å². The molecule has 2 rings (SSSR count). The van der Waals surface area contributed by atoms with E-state index in [1.807, 2.05) is 6.07 Å². The van der Waals surface area contributed by atoms with Crippen LogP contribution < -0.4 is 0 Å². The molecule has 0 spiro atoms. The monoisotopic (exact) mass is 258 g/mol. The van der Waals surface area contributed by atoms with Crippen LogP contribution in [0.5, 0.6) is 0 Å². The molecule has 1 aliphatic heterocycles. The van der Waals surface area contributed by atoms with Gasteiger partial charge in [0.25, 0.3) is 0 Å². The Kier molecular flexibility index (Phi) is 2.34. The number of hydrogen-bond acceptors (Lipinski definition) is 2. The van der Waals surface area contributed by atoms with E-state index in [1.165, 1.54) is 0 Å². The van der Waals surface area contributed by atoms with E-state index >= 15 is 0 Å². The van der Waals surface area contributed by atoms with Crippen molar-refractivity contribution in [2.45, 2.75) is 11.3 Å². The van der Waals surface area contributed by atoms with E-state index in [2.05, 4.69) is 15.9 Å². The Morgan fingerprint density at radius 2 is 2.15 bits per heavy atom. The van der Waals surface area contributed by atoms with Gasteiger partial charge in [0, 0.05) is 22.2 Å². The summed E-state index contributed by atoms with van der Waals surface area (Å²) in [6.45, 7) is 0. The van der Waals surface area contributed by atoms with E-state index in [1.54, 1.807) is 12.1 Å². The van der Waals surface area contributed by atoms with Crippen LogP contribution in [0.4, 0.5) is 0 Å². The first-order valence-corrected chi connectivity index (χ1v) is 6.01. The van der Waals surface area contributed by atoms with Crippen molar-refractivity contribution in [1.29, 1.82) is 0 Å². The minimum atomic E-state index is -1.02. The molecule has 0 saturated carbocycles. The van der Waals surface area contributed by atoms with E-state index in [4.69, 9.17) is 0 Å². The third-order valence-corrected chi connectivity index (χ3v) is 4.40. The van der Waals surface area contributed by atoms with Gasteiger partial charge in [-0.05, 0) is 22.0 Å². The maximum absolute atomic E-state index is 11.6. The van der Waals surface area contributed by atoms with E-state index < -0.39 is 10.8 Å². The average Bonchev–Trinajstić information content (AvgIpc) is 2.12. The van der Waals surface area contributed by atoms with Crippen molar-refractivity contribution in [2.75, 3.05) is 5.75 Å². The summed E-state index contributed by atoms with van der Waals surface area (Å²) in [6, 6.07) is 5.35. The molecule has 68 valence electrons. The van der Waals surface area contributed by atoms with Gasteiger partial charge in [0.1, 0.15) is 0 Å². The highest BCUT2D eigenvalue weighted by Gasteiger charge is 2.24. The molecule has 1 aromatic rings. The van der Waals surface area contributed by atoms with Crippen molar-refractivity contribution in [3.63, 3.8) is 0 Å². The maximum atomic E-state index is 11.6. The Morgan fingerprint density at radius 1 is 1.38 bits per heavy atom. The van der Waals surface area contributed by atoms with Crippen LogP contribution in [-0.4, -0.2) is 15.7 Å². The van der Waals surface area contributed by atoms with Gasteiger partial charge in [-0.2, -0.15) is 0 Å². The Morgan fingerprint density at radius 3 is 2.85 bits per heavy atom. The number of fused-ring (bicyclic) bond motifs is 1. The zero-order valence-corrected chi connectivity index (χ0v) is 9.15. The normalized spacial score (nSPS) is 21.3. The van der Waals surface area contributed by atoms with Crippen LogP contribution in [0.15, 0.2) is 27.6 Å². The van der Waals surface area contributed by atoms with Crippen molar-refractivity contribution < 1.29 is 9.00 Å². The van der Waals surface area contributed by atoms with Crippen LogP contribution >= 0.6 is 15.9 Å². The molecule has 1 aromatic carbocycles. The fourth-order valence-electron chi connectivity index (χ4n) is 1.38. The van der Waals surface area contributed by atoms with Gasteiger partial charge in [0.15, 0.2) is 5.78 Å². The standard InChI is InChI=1S/C9H7BrO2S/c10-7-3-1-2-6-8(11)4-5-13(12)9(6)7/h1-3H,4-5H2. The topological polar surface area (TPSA) is 34.1 Å². The van der Waals surface area contributed by atoms with Crippen molar-refractivity contribution in [1.82, 2.24) is 0 Å². The van der Waals surface area contributed by atoms with Crippen molar-refractivity contribution in [2.24, 2.45) is 0 Å². The molecule has 0 aromatic heterocycles. The minimum absolute atomic E-state index is 0.0934. The smallest absolute Gasteiger partial charge is 0.165 e. The fourth-order valence-corrected chi connectivity index (χ4v) is 3.58. The second-order valence-electron chi connectivity index (χ2n) is 2.84. The van der Waals surface area contributed by atoms with Crippen molar-refractivity contribution in [3.8, 4) is 0 Å². The van der Waals surface area contributed by atoms with Crippen LogP contribution in [0.3, 0.4) is 0 Å². The van der Waals surface area contributed by atoms with Gasteiger partial charge in [-0.1, -0.05) is 12.1 Å². The van der Waals surface area contributed by atoms with Crippen LogP contribution in [0, 0.1) is 0 Å². The van der Waals surface area contributed by atoms with Gasteiger partial charge in [-0.25, -0.2) is 0 Å². The molecule has 0 fully saturated rings. The van der Waals surface area contributed by atoms with Gasteiger partial charge in [-0.15, -0.1) is 0 Å². The quantitative estimate of drug-likeness (QED) is 0.715.